The molecular weight excluding hydrogens is 319 g/mol. The van der Waals surface area contributed by atoms with Crippen molar-refractivity contribution < 1.29 is 19.0 Å². The van der Waals surface area contributed by atoms with Gasteiger partial charge in [0.2, 0.25) is 0 Å². The third-order valence-electron chi connectivity index (χ3n) is 5.73. The number of hydrogen-bond acceptors (Lipinski definition) is 2. The molecule has 1 heterocycles. The Morgan fingerprint density at radius 1 is 1.36 bits per heavy atom. The van der Waals surface area contributed by atoms with Crippen molar-refractivity contribution in [3.8, 4) is 0 Å². The number of hydrogen-bond donors (Lipinski definition) is 1. The van der Waals surface area contributed by atoms with Crippen LogP contribution < -0.4 is 0 Å². The molecule has 0 unspecified atom stereocenters. The fraction of sp³-hybridized carbons (Fsp3) is 0.476. The molecule has 134 valence electrons. The van der Waals surface area contributed by atoms with E-state index in [-0.39, 0.29) is 23.8 Å². The van der Waals surface area contributed by atoms with Crippen LogP contribution in [0.3, 0.4) is 0 Å². The largest absolute Gasteiger partial charge is 0.481 e. The van der Waals surface area contributed by atoms with Crippen molar-refractivity contribution >= 4 is 5.97 Å². The Hall–Kier alpha value is -1.94. The predicted octanol–water partition coefficient (Wildman–Crippen LogP) is 4.49. The molecule has 2 fully saturated rings. The molecule has 0 radical (unpaired) electrons. The lowest BCUT2D eigenvalue weighted by atomic mass is 9.69. The van der Waals surface area contributed by atoms with E-state index < -0.39 is 5.97 Å². The summed E-state index contributed by atoms with van der Waals surface area (Å²) in [5.74, 6) is -0.295. The van der Waals surface area contributed by atoms with Gasteiger partial charge in [0.15, 0.2) is 0 Å². The number of ether oxygens (including phenoxy) is 1. The van der Waals surface area contributed by atoms with Crippen molar-refractivity contribution in [1.82, 2.24) is 0 Å². The molecule has 2 bridgehead atoms. The molecule has 1 aromatic rings. The lowest BCUT2D eigenvalue weighted by Crippen LogP contribution is -2.38. The first-order valence-electron chi connectivity index (χ1n) is 8.94. The molecule has 0 amide bonds. The lowest BCUT2D eigenvalue weighted by Gasteiger charge is -2.38. The van der Waals surface area contributed by atoms with Crippen LogP contribution in [0.1, 0.15) is 37.7 Å². The zero-order valence-corrected chi connectivity index (χ0v) is 14.4. The minimum Gasteiger partial charge on any atom is -0.481 e. The van der Waals surface area contributed by atoms with Crippen LogP contribution in [-0.4, -0.2) is 23.8 Å². The number of carbonyl (C=O) groups is 1. The first-order chi connectivity index (χ1) is 12.1. The standard InChI is InChI=1S/C21H25FO3/c1-2-17-18(7-5-3-4-6-8-20(23)24)21(13-19(17)25-14-21)15-9-11-16(22)12-10-15/h2-3,5,9-12,17-19H,1,4,6-8,13-14H2,(H,23,24)/t17-,18-,19-,21-/m0/s1. The molecule has 1 saturated carbocycles. The summed E-state index contributed by atoms with van der Waals surface area (Å²) in [6.07, 6.45) is 9.93. The Kier molecular flexibility index (Phi) is 5.38. The van der Waals surface area contributed by atoms with Crippen LogP contribution in [0.5, 0.6) is 0 Å². The van der Waals surface area contributed by atoms with Crippen LogP contribution >= 0.6 is 0 Å². The van der Waals surface area contributed by atoms with Crippen molar-refractivity contribution in [2.75, 3.05) is 6.61 Å². The van der Waals surface area contributed by atoms with Crippen LogP contribution in [0, 0.1) is 17.7 Å². The van der Waals surface area contributed by atoms with Gasteiger partial charge in [-0.1, -0.05) is 30.4 Å². The van der Waals surface area contributed by atoms with Crippen molar-refractivity contribution in [3.05, 3.63) is 60.5 Å². The third kappa shape index (κ3) is 3.54. The second kappa shape index (κ2) is 7.52. The van der Waals surface area contributed by atoms with Gasteiger partial charge in [-0.3, -0.25) is 4.79 Å². The van der Waals surface area contributed by atoms with Gasteiger partial charge in [0.05, 0.1) is 12.7 Å². The van der Waals surface area contributed by atoms with Gasteiger partial charge < -0.3 is 9.84 Å². The number of allylic oxidation sites excluding steroid dienone is 2. The minimum absolute atomic E-state index is 0.0807. The summed E-state index contributed by atoms with van der Waals surface area (Å²) >= 11 is 0. The molecular formula is C21H25FO3. The molecule has 3 rings (SSSR count). The maximum Gasteiger partial charge on any atom is 0.303 e. The summed E-state index contributed by atoms with van der Waals surface area (Å²) in [6, 6.07) is 6.82. The normalized spacial score (nSPS) is 30.8. The van der Waals surface area contributed by atoms with Gasteiger partial charge in [0, 0.05) is 17.8 Å². The number of carboxylic acids is 1. The van der Waals surface area contributed by atoms with Crippen LogP contribution in [0.15, 0.2) is 49.1 Å². The van der Waals surface area contributed by atoms with Gasteiger partial charge in [0.1, 0.15) is 5.82 Å². The maximum atomic E-state index is 13.3. The highest BCUT2D eigenvalue weighted by Gasteiger charge is 2.58. The summed E-state index contributed by atoms with van der Waals surface area (Å²) in [7, 11) is 0. The van der Waals surface area contributed by atoms with E-state index in [9.17, 15) is 9.18 Å². The zero-order valence-electron chi connectivity index (χ0n) is 14.4. The van der Waals surface area contributed by atoms with E-state index in [1.807, 2.05) is 18.2 Å². The van der Waals surface area contributed by atoms with E-state index in [0.717, 1.165) is 24.8 Å². The SMILES string of the molecule is C=C[C@@H]1[C@@H]2C[C@@](c3ccc(F)cc3)(CO2)[C@H]1CC=CCCCC(=O)O. The number of fused-ring (bicyclic) bond motifs is 2. The summed E-state index contributed by atoms with van der Waals surface area (Å²) in [6.45, 7) is 4.67. The zero-order chi connectivity index (χ0) is 17.9. The molecule has 0 spiro atoms. The van der Waals surface area contributed by atoms with Crippen molar-refractivity contribution in [3.63, 3.8) is 0 Å². The summed E-state index contributed by atoms with van der Waals surface area (Å²) in [5, 5.41) is 8.68. The Morgan fingerprint density at radius 2 is 2.12 bits per heavy atom. The average Bonchev–Trinajstić information content (AvgIpc) is 3.15. The fourth-order valence-corrected chi connectivity index (χ4v) is 4.49. The molecule has 1 saturated heterocycles. The van der Waals surface area contributed by atoms with Crippen molar-refractivity contribution in [2.45, 2.75) is 43.6 Å². The molecule has 1 aliphatic carbocycles. The van der Waals surface area contributed by atoms with Crippen molar-refractivity contribution in [1.29, 1.82) is 0 Å². The monoisotopic (exact) mass is 344 g/mol. The van der Waals surface area contributed by atoms with Crippen LogP contribution in [0.25, 0.3) is 0 Å². The molecule has 1 N–H and O–H groups in total. The summed E-state index contributed by atoms with van der Waals surface area (Å²) < 4.78 is 19.3. The highest BCUT2D eigenvalue weighted by Crippen LogP contribution is 2.56. The third-order valence-corrected chi connectivity index (χ3v) is 5.73. The topological polar surface area (TPSA) is 46.5 Å². The van der Waals surface area contributed by atoms with Gasteiger partial charge >= 0.3 is 5.97 Å². The fourth-order valence-electron chi connectivity index (χ4n) is 4.49. The average molecular weight is 344 g/mol. The van der Waals surface area contributed by atoms with E-state index in [2.05, 4.69) is 18.7 Å². The van der Waals surface area contributed by atoms with E-state index >= 15 is 0 Å². The van der Waals surface area contributed by atoms with Crippen LogP contribution in [0.4, 0.5) is 4.39 Å². The number of rotatable bonds is 8. The Balaban J connectivity index is 1.72. The van der Waals surface area contributed by atoms with E-state index in [1.54, 1.807) is 0 Å². The van der Waals surface area contributed by atoms with Gasteiger partial charge in [0.25, 0.3) is 0 Å². The maximum absolute atomic E-state index is 13.3. The van der Waals surface area contributed by atoms with Gasteiger partial charge in [-0.15, -0.1) is 6.58 Å². The van der Waals surface area contributed by atoms with Crippen molar-refractivity contribution in [2.24, 2.45) is 11.8 Å². The second-order valence-corrected chi connectivity index (χ2v) is 7.13. The first-order valence-corrected chi connectivity index (χ1v) is 8.94. The Labute approximate surface area is 148 Å². The Morgan fingerprint density at radius 3 is 2.80 bits per heavy atom. The van der Waals surface area contributed by atoms with Gasteiger partial charge in [-0.2, -0.15) is 0 Å². The van der Waals surface area contributed by atoms with E-state index in [1.165, 1.54) is 12.1 Å². The molecule has 4 atom stereocenters. The highest BCUT2D eigenvalue weighted by atomic mass is 19.1. The van der Waals surface area contributed by atoms with Crippen LogP contribution in [0.2, 0.25) is 0 Å². The van der Waals surface area contributed by atoms with E-state index in [0.29, 0.717) is 24.9 Å². The number of carboxylic acid groups (broad SMARTS) is 1. The van der Waals surface area contributed by atoms with Crippen LogP contribution in [-0.2, 0) is 14.9 Å². The molecule has 1 aliphatic heterocycles. The number of benzene rings is 1. The summed E-state index contributed by atoms with van der Waals surface area (Å²) in [5.41, 5.74) is 1.06. The van der Waals surface area contributed by atoms with E-state index in [4.69, 9.17) is 9.84 Å². The first kappa shape index (κ1) is 17.9. The Bertz CT molecular complexity index is 652. The lowest BCUT2D eigenvalue weighted by molar-refractivity contribution is -0.137. The second-order valence-electron chi connectivity index (χ2n) is 7.13. The van der Waals surface area contributed by atoms with Gasteiger partial charge in [-0.05, 0) is 49.3 Å². The molecule has 1 aromatic carbocycles. The quantitative estimate of drug-likeness (QED) is 0.558. The van der Waals surface area contributed by atoms with Gasteiger partial charge in [-0.25, -0.2) is 4.39 Å². The number of aliphatic carboxylic acids is 1. The molecule has 25 heavy (non-hydrogen) atoms. The molecule has 4 heteroatoms. The number of halogens is 1. The molecule has 3 nitrogen and oxygen atoms in total. The molecule has 0 aromatic heterocycles. The summed E-state index contributed by atoms with van der Waals surface area (Å²) in [4.78, 5) is 10.6. The number of unbranched alkanes of at least 4 members (excludes halogenated alkanes) is 1. The highest BCUT2D eigenvalue weighted by molar-refractivity contribution is 5.66. The minimum atomic E-state index is -0.749. The molecule has 2 aliphatic rings. The predicted molar refractivity (Wildman–Crippen MR) is 94.9 cm³/mol. The smallest absolute Gasteiger partial charge is 0.303 e.